The molecule has 2 aromatic carbocycles. The van der Waals surface area contributed by atoms with Crippen LogP contribution >= 0.6 is 0 Å². The summed E-state index contributed by atoms with van der Waals surface area (Å²) in [5, 5.41) is 10.2. The number of fused-ring (bicyclic) bond motifs is 2. The van der Waals surface area contributed by atoms with Gasteiger partial charge in [0.2, 0.25) is 6.79 Å². The van der Waals surface area contributed by atoms with Crippen molar-refractivity contribution in [3.63, 3.8) is 0 Å². The van der Waals surface area contributed by atoms with Crippen LogP contribution in [0.3, 0.4) is 0 Å². The molecule has 1 amide bonds. The van der Waals surface area contributed by atoms with E-state index in [1.165, 1.54) is 0 Å². The maximum absolute atomic E-state index is 12.7. The zero-order valence-corrected chi connectivity index (χ0v) is 15.0. The minimum Gasteiger partial charge on any atom is -0.454 e. The third kappa shape index (κ3) is 3.12. The first-order valence-electron chi connectivity index (χ1n) is 8.61. The molecule has 0 saturated carbocycles. The van der Waals surface area contributed by atoms with Crippen molar-refractivity contribution in [1.29, 1.82) is 0 Å². The summed E-state index contributed by atoms with van der Waals surface area (Å²) in [6.07, 6.45) is 0. The lowest BCUT2D eigenvalue weighted by molar-refractivity contribution is 0.0941. The Balaban J connectivity index is 1.55. The molecule has 0 unspecified atom stereocenters. The Morgan fingerprint density at radius 2 is 1.89 bits per heavy atom. The third-order valence-electron chi connectivity index (χ3n) is 4.76. The second-order valence-electron chi connectivity index (χ2n) is 7.08. The highest BCUT2D eigenvalue weighted by atomic mass is 16.7. The molecule has 0 aliphatic carbocycles. The summed E-state index contributed by atoms with van der Waals surface area (Å²) >= 11 is 0. The normalized spacial score (nSPS) is 13.0. The molecule has 0 atom stereocenters. The Labute approximate surface area is 155 Å². The van der Waals surface area contributed by atoms with E-state index in [4.69, 9.17) is 9.47 Å². The van der Waals surface area contributed by atoms with Crippen LogP contribution in [0.2, 0.25) is 0 Å². The summed E-state index contributed by atoms with van der Waals surface area (Å²) < 4.78 is 10.8. The monoisotopic (exact) mass is 365 g/mol. The predicted molar refractivity (Wildman–Crippen MR) is 100 cm³/mol. The molecule has 2 N–H and O–H groups in total. The van der Waals surface area contributed by atoms with Gasteiger partial charge in [0.25, 0.3) is 11.5 Å². The molecule has 0 bridgehead atoms. The molecule has 1 aromatic heterocycles. The van der Waals surface area contributed by atoms with Crippen molar-refractivity contribution in [2.24, 2.45) is 0 Å². The Morgan fingerprint density at radius 1 is 1.15 bits per heavy atom. The number of rotatable bonds is 4. The summed E-state index contributed by atoms with van der Waals surface area (Å²) in [7, 11) is 0. The van der Waals surface area contributed by atoms with Crippen molar-refractivity contribution in [1.82, 2.24) is 15.5 Å². The second kappa shape index (κ2) is 6.42. The number of carbonyl (C=O) groups is 1. The summed E-state index contributed by atoms with van der Waals surface area (Å²) in [5.74, 6) is 1.10. The van der Waals surface area contributed by atoms with Crippen molar-refractivity contribution < 1.29 is 14.3 Å². The van der Waals surface area contributed by atoms with Gasteiger partial charge in [0.1, 0.15) is 0 Å². The Kier molecular flexibility index (Phi) is 4.07. The van der Waals surface area contributed by atoms with E-state index < -0.39 is 0 Å². The molecule has 27 heavy (non-hydrogen) atoms. The van der Waals surface area contributed by atoms with Gasteiger partial charge < -0.3 is 14.8 Å². The number of benzene rings is 2. The largest absolute Gasteiger partial charge is 0.454 e. The molecule has 0 spiro atoms. The molecule has 3 aromatic rings. The summed E-state index contributed by atoms with van der Waals surface area (Å²) in [6.45, 7) is 4.67. The van der Waals surface area contributed by atoms with Crippen molar-refractivity contribution in [3.05, 3.63) is 64.1 Å². The molecule has 0 radical (unpaired) electrons. The number of H-pyrrole nitrogens is 1. The van der Waals surface area contributed by atoms with E-state index in [-0.39, 0.29) is 29.4 Å². The number of aromatic nitrogens is 2. The first-order chi connectivity index (χ1) is 13.0. The standard InChI is InChI=1S/C20H19N3O4/c1-20(2,12-7-8-15-16(9-12)27-11-26-15)10-21-19(25)17-13-5-3-4-6-14(13)18(24)23-22-17/h3-9H,10-11H2,1-2H3,(H,21,25)(H,23,24). The molecular weight excluding hydrogens is 346 g/mol. The van der Waals surface area contributed by atoms with E-state index in [1.54, 1.807) is 24.3 Å². The van der Waals surface area contributed by atoms with Crippen LogP contribution in [-0.2, 0) is 5.41 Å². The van der Waals surface area contributed by atoms with E-state index in [2.05, 4.69) is 15.5 Å². The fraction of sp³-hybridized carbons (Fsp3) is 0.250. The topological polar surface area (TPSA) is 93.3 Å². The zero-order valence-electron chi connectivity index (χ0n) is 15.0. The highest BCUT2D eigenvalue weighted by Crippen LogP contribution is 2.36. The molecular formula is C20H19N3O4. The number of hydrogen-bond acceptors (Lipinski definition) is 5. The van der Waals surface area contributed by atoms with Crippen molar-refractivity contribution in [3.8, 4) is 11.5 Å². The van der Waals surface area contributed by atoms with Crippen LogP contribution in [0.25, 0.3) is 10.8 Å². The molecule has 1 aliphatic heterocycles. The summed E-state index contributed by atoms with van der Waals surface area (Å²) in [4.78, 5) is 24.6. The van der Waals surface area contributed by atoms with Gasteiger partial charge in [0, 0.05) is 17.3 Å². The molecule has 138 valence electrons. The minimum atomic E-state index is -0.339. The SMILES string of the molecule is CC(C)(CNC(=O)c1n[nH]c(=O)c2ccccc12)c1ccc2c(c1)OCO2. The van der Waals surface area contributed by atoms with Gasteiger partial charge in [-0.15, -0.1) is 0 Å². The smallest absolute Gasteiger partial charge is 0.272 e. The van der Waals surface area contributed by atoms with Crippen LogP contribution in [-0.4, -0.2) is 29.4 Å². The van der Waals surface area contributed by atoms with E-state index in [0.29, 0.717) is 23.1 Å². The molecule has 2 heterocycles. The highest BCUT2D eigenvalue weighted by molar-refractivity contribution is 6.04. The quantitative estimate of drug-likeness (QED) is 0.740. The lowest BCUT2D eigenvalue weighted by Crippen LogP contribution is -2.37. The number of nitrogens with zero attached hydrogens (tertiary/aromatic N) is 1. The zero-order chi connectivity index (χ0) is 19.0. The van der Waals surface area contributed by atoms with Gasteiger partial charge >= 0.3 is 0 Å². The van der Waals surface area contributed by atoms with Crippen LogP contribution in [0, 0.1) is 0 Å². The molecule has 7 heteroatoms. The van der Waals surface area contributed by atoms with Gasteiger partial charge in [0.15, 0.2) is 17.2 Å². The molecule has 1 aliphatic rings. The lowest BCUT2D eigenvalue weighted by Gasteiger charge is -2.26. The van der Waals surface area contributed by atoms with Gasteiger partial charge in [-0.1, -0.05) is 38.1 Å². The minimum absolute atomic E-state index is 0.201. The number of aromatic amines is 1. The van der Waals surface area contributed by atoms with Gasteiger partial charge in [-0.05, 0) is 23.8 Å². The third-order valence-corrected chi connectivity index (χ3v) is 4.76. The Morgan fingerprint density at radius 3 is 2.70 bits per heavy atom. The average Bonchev–Trinajstić information content (AvgIpc) is 3.14. The summed E-state index contributed by atoms with van der Waals surface area (Å²) in [5.41, 5.74) is 0.565. The van der Waals surface area contributed by atoms with Gasteiger partial charge in [-0.25, -0.2) is 5.10 Å². The first kappa shape index (κ1) is 17.1. The Hall–Kier alpha value is -3.35. The van der Waals surface area contributed by atoms with E-state index >= 15 is 0 Å². The van der Waals surface area contributed by atoms with Gasteiger partial charge in [0.05, 0.1) is 5.39 Å². The summed E-state index contributed by atoms with van der Waals surface area (Å²) in [6, 6.07) is 12.7. The van der Waals surface area contributed by atoms with Crippen molar-refractivity contribution >= 4 is 16.7 Å². The highest BCUT2D eigenvalue weighted by Gasteiger charge is 2.25. The second-order valence-corrected chi connectivity index (χ2v) is 7.08. The number of amides is 1. The maximum atomic E-state index is 12.7. The fourth-order valence-corrected chi connectivity index (χ4v) is 3.09. The predicted octanol–water partition coefficient (Wildman–Crippen LogP) is 2.36. The molecule has 7 nitrogen and oxygen atoms in total. The average molecular weight is 365 g/mol. The molecule has 4 rings (SSSR count). The number of nitrogens with one attached hydrogen (secondary N) is 2. The Bertz CT molecular complexity index is 1090. The van der Waals surface area contributed by atoms with Gasteiger partial charge in [-0.3, -0.25) is 9.59 Å². The van der Waals surface area contributed by atoms with Crippen LogP contribution in [0.1, 0.15) is 29.9 Å². The fourth-order valence-electron chi connectivity index (χ4n) is 3.09. The van der Waals surface area contributed by atoms with Crippen LogP contribution < -0.4 is 20.3 Å². The van der Waals surface area contributed by atoms with Crippen LogP contribution in [0.4, 0.5) is 0 Å². The molecule has 0 saturated heterocycles. The first-order valence-corrected chi connectivity index (χ1v) is 8.61. The van der Waals surface area contributed by atoms with Gasteiger partial charge in [-0.2, -0.15) is 5.10 Å². The maximum Gasteiger partial charge on any atom is 0.272 e. The molecule has 0 fully saturated rings. The van der Waals surface area contributed by atoms with Crippen LogP contribution in [0.5, 0.6) is 11.5 Å². The van der Waals surface area contributed by atoms with Crippen molar-refractivity contribution in [2.75, 3.05) is 13.3 Å². The van der Waals surface area contributed by atoms with Crippen LogP contribution in [0.15, 0.2) is 47.3 Å². The van der Waals surface area contributed by atoms with E-state index in [0.717, 1.165) is 11.3 Å². The number of hydrogen-bond donors (Lipinski definition) is 2. The van der Waals surface area contributed by atoms with E-state index in [9.17, 15) is 9.59 Å². The lowest BCUT2D eigenvalue weighted by atomic mass is 9.84. The number of carbonyl (C=O) groups excluding carboxylic acids is 1. The van der Waals surface area contributed by atoms with Crippen molar-refractivity contribution in [2.45, 2.75) is 19.3 Å². The number of ether oxygens (including phenoxy) is 2. The van der Waals surface area contributed by atoms with E-state index in [1.807, 2.05) is 32.0 Å².